The number of rotatable bonds is 2. The molecule has 0 saturated carbocycles. The van der Waals surface area contributed by atoms with Gasteiger partial charge in [-0.15, -0.1) is 11.8 Å². The van der Waals surface area contributed by atoms with Crippen LogP contribution in [-0.2, 0) is 6.42 Å². The Morgan fingerprint density at radius 3 is 2.86 bits per heavy atom. The fraction of sp³-hybridized carbons (Fsp3) is 0.417. The summed E-state index contributed by atoms with van der Waals surface area (Å²) in [5, 5.41) is 0.732. The molecule has 1 aliphatic rings. The van der Waals surface area contributed by atoms with Gasteiger partial charge < -0.3 is 0 Å². The van der Waals surface area contributed by atoms with Crippen LogP contribution in [0.2, 0.25) is 0 Å². The summed E-state index contributed by atoms with van der Waals surface area (Å²) in [5.41, 5.74) is 2.45. The van der Waals surface area contributed by atoms with E-state index < -0.39 is 0 Å². The van der Waals surface area contributed by atoms with Gasteiger partial charge in [-0.2, -0.15) is 0 Å². The predicted octanol–water partition coefficient (Wildman–Crippen LogP) is 3.51. The maximum atomic E-state index is 4.41. The molecule has 1 unspecified atom stereocenters. The molecule has 1 aromatic rings. The average Bonchev–Trinajstić information content (AvgIpc) is 2.65. The van der Waals surface area contributed by atoms with Crippen LogP contribution in [0.1, 0.15) is 31.5 Å². The Bertz CT molecular complexity index is 340. The van der Waals surface area contributed by atoms with Crippen molar-refractivity contribution in [2.24, 2.45) is 0 Å². The minimum absolute atomic E-state index is 0.732. The minimum Gasteiger partial charge on any atom is -0.261 e. The van der Waals surface area contributed by atoms with Crippen molar-refractivity contribution < 1.29 is 0 Å². The molecule has 0 aromatic carbocycles. The van der Waals surface area contributed by atoms with Crippen molar-refractivity contribution in [2.45, 2.75) is 31.9 Å². The van der Waals surface area contributed by atoms with Crippen LogP contribution in [0, 0.1) is 0 Å². The van der Waals surface area contributed by atoms with Crippen molar-refractivity contribution in [3.8, 4) is 0 Å². The normalized spacial score (nSPS) is 21.0. The minimum atomic E-state index is 0.732. The molecule has 1 atom stereocenters. The quantitative estimate of drug-likeness (QED) is 0.732. The summed E-state index contributed by atoms with van der Waals surface area (Å²) < 4.78 is 0. The van der Waals surface area contributed by atoms with E-state index in [2.05, 4.69) is 37.0 Å². The van der Waals surface area contributed by atoms with Crippen LogP contribution in [0.3, 0.4) is 0 Å². The van der Waals surface area contributed by atoms with Crippen LogP contribution in [0.15, 0.2) is 24.4 Å². The lowest BCUT2D eigenvalue weighted by Crippen LogP contribution is -1.88. The molecular formula is C12H15NS. The lowest BCUT2D eigenvalue weighted by Gasteiger charge is -2.04. The highest BCUT2D eigenvalue weighted by Crippen LogP contribution is 2.38. The van der Waals surface area contributed by atoms with Crippen LogP contribution < -0.4 is 0 Å². The molecule has 0 amide bonds. The molecular weight excluding hydrogens is 190 g/mol. The maximum Gasteiger partial charge on any atom is 0.0401 e. The van der Waals surface area contributed by atoms with E-state index in [-0.39, 0.29) is 0 Å². The van der Waals surface area contributed by atoms with Crippen molar-refractivity contribution in [1.29, 1.82) is 0 Å². The molecule has 2 heteroatoms. The van der Waals surface area contributed by atoms with Crippen molar-refractivity contribution in [3.05, 3.63) is 35.7 Å². The largest absolute Gasteiger partial charge is 0.261 e. The van der Waals surface area contributed by atoms with Crippen LogP contribution in [0.25, 0.3) is 4.91 Å². The summed E-state index contributed by atoms with van der Waals surface area (Å²) in [6.07, 6.45) is 6.52. The van der Waals surface area contributed by atoms with E-state index in [0.29, 0.717) is 0 Å². The van der Waals surface area contributed by atoms with E-state index in [4.69, 9.17) is 0 Å². The zero-order valence-corrected chi connectivity index (χ0v) is 9.47. The fourth-order valence-corrected chi connectivity index (χ4v) is 2.63. The summed E-state index contributed by atoms with van der Waals surface area (Å²) in [4.78, 5) is 5.81. The Kier molecular flexibility index (Phi) is 2.92. The monoisotopic (exact) mass is 205 g/mol. The van der Waals surface area contributed by atoms with Gasteiger partial charge in [0.05, 0.1) is 0 Å². The first-order valence-corrected chi connectivity index (χ1v) is 5.99. The Labute approximate surface area is 89.6 Å². The van der Waals surface area contributed by atoms with Gasteiger partial charge in [0.25, 0.3) is 0 Å². The molecule has 0 fully saturated rings. The van der Waals surface area contributed by atoms with Gasteiger partial charge >= 0.3 is 0 Å². The Balaban J connectivity index is 2.17. The van der Waals surface area contributed by atoms with Crippen LogP contribution in [-0.4, -0.2) is 10.2 Å². The first-order valence-electron chi connectivity index (χ1n) is 5.11. The second-order valence-electron chi connectivity index (χ2n) is 3.62. The number of thioether (sulfide) groups is 1. The van der Waals surface area contributed by atoms with Crippen LogP contribution in [0.4, 0.5) is 0 Å². The number of hydrogen-bond acceptors (Lipinski definition) is 2. The molecule has 0 aliphatic carbocycles. The second-order valence-corrected chi connectivity index (χ2v) is 5.10. The van der Waals surface area contributed by atoms with Gasteiger partial charge in [-0.3, -0.25) is 4.98 Å². The summed E-state index contributed by atoms with van der Waals surface area (Å²) in [6, 6.07) is 4.31. The van der Waals surface area contributed by atoms with Gasteiger partial charge in [-0.1, -0.05) is 26.0 Å². The SMILES string of the molecule is CCc1ccc(C2=CCC(C)S2)cn1. The molecule has 2 rings (SSSR count). The average molecular weight is 205 g/mol. The number of nitrogens with zero attached hydrogens (tertiary/aromatic N) is 1. The van der Waals surface area contributed by atoms with E-state index in [0.717, 1.165) is 11.7 Å². The Morgan fingerprint density at radius 1 is 1.50 bits per heavy atom. The molecule has 0 radical (unpaired) electrons. The van der Waals surface area contributed by atoms with E-state index >= 15 is 0 Å². The third kappa shape index (κ3) is 2.01. The van der Waals surface area contributed by atoms with E-state index in [1.54, 1.807) is 0 Å². The van der Waals surface area contributed by atoms with Gasteiger partial charge in [0.15, 0.2) is 0 Å². The lowest BCUT2D eigenvalue weighted by molar-refractivity contribution is 1.00. The summed E-state index contributed by atoms with van der Waals surface area (Å²) in [5.74, 6) is 0. The van der Waals surface area contributed by atoms with E-state index in [1.165, 1.54) is 22.6 Å². The number of pyridine rings is 1. The molecule has 1 nitrogen and oxygen atoms in total. The highest BCUT2D eigenvalue weighted by Gasteiger charge is 2.14. The van der Waals surface area contributed by atoms with Crippen LogP contribution in [0.5, 0.6) is 0 Å². The zero-order valence-electron chi connectivity index (χ0n) is 8.66. The van der Waals surface area contributed by atoms with Crippen molar-refractivity contribution >= 4 is 16.7 Å². The van der Waals surface area contributed by atoms with Crippen LogP contribution >= 0.6 is 11.8 Å². The molecule has 0 saturated heterocycles. The highest BCUT2D eigenvalue weighted by molar-refractivity contribution is 8.09. The molecule has 0 bridgehead atoms. The third-order valence-electron chi connectivity index (χ3n) is 2.43. The van der Waals surface area contributed by atoms with Gasteiger partial charge in [0.2, 0.25) is 0 Å². The van der Waals surface area contributed by atoms with Gasteiger partial charge in [-0.25, -0.2) is 0 Å². The number of aryl methyl sites for hydroxylation is 1. The standard InChI is InChI=1S/C12H15NS/c1-3-11-6-5-10(8-13-11)12-7-4-9(2)14-12/h5-9H,3-4H2,1-2H3. The molecule has 1 aliphatic heterocycles. The fourth-order valence-electron chi connectivity index (χ4n) is 1.55. The summed E-state index contributed by atoms with van der Waals surface area (Å²) in [6.45, 7) is 4.40. The zero-order chi connectivity index (χ0) is 9.97. The first kappa shape index (κ1) is 9.78. The lowest BCUT2D eigenvalue weighted by atomic mass is 10.2. The second kappa shape index (κ2) is 4.18. The summed E-state index contributed by atoms with van der Waals surface area (Å²) in [7, 11) is 0. The first-order chi connectivity index (χ1) is 6.79. The highest BCUT2D eigenvalue weighted by atomic mass is 32.2. The molecule has 0 N–H and O–H groups in total. The van der Waals surface area contributed by atoms with Gasteiger partial charge in [-0.05, 0) is 18.9 Å². The number of hydrogen-bond donors (Lipinski definition) is 0. The molecule has 1 aromatic heterocycles. The maximum absolute atomic E-state index is 4.41. The molecule has 74 valence electrons. The molecule has 2 heterocycles. The smallest absolute Gasteiger partial charge is 0.0401 e. The van der Waals surface area contributed by atoms with Gasteiger partial charge in [0.1, 0.15) is 0 Å². The van der Waals surface area contributed by atoms with Crippen molar-refractivity contribution in [3.63, 3.8) is 0 Å². The summed E-state index contributed by atoms with van der Waals surface area (Å²) >= 11 is 1.95. The van der Waals surface area contributed by atoms with Crippen molar-refractivity contribution in [2.75, 3.05) is 0 Å². The Morgan fingerprint density at radius 2 is 2.36 bits per heavy atom. The van der Waals surface area contributed by atoms with E-state index in [1.807, 2.05) is 18.0 Å². The molecule has 0 spiro atoms. The Hall–Kier alpha value is -0.760. The van der Waals surface area contributed by atoms with E-state index in [9.17, 15) is 0 Å². The van der Waals surface area contributed by atoms with Gasteiger partial charge in [0, 0.05) is 27.6 Å². The molecule has 14 heavy (non-hydrogen) atoms. The number of allylic oxidation sites excluding steroid dienone is 1. The predicted molar refractivity (Wildman–Crippen MR) is 63.3 cm³/mol. The third-order valence-corrected chi connectivity index (χ3v) is 3.69. The van der Waals surface area contributed by atoms with Crippen molar-refractivity contribution in [1.82, 2.24) is 4.98 Å². The topological polar surface area (TPSA) is 12.9 Å². The number of aromatic nitrogens is 1.